The van der Waals surface area contributed by atoms with Crippen LogP contribution in [0.4, 0.5) is 13.2 Å². The molecule has 35 heavy (non-hydrogen) atoms. The number of nitrogens with one attached hydrogen (secondary N) is 2. The summed E-state index contributed by atoms with van der Waals surface area (Å²) in [6.07, 6.45) is 1.52. The van der Waals surface area contributed by atoms with E-state index in [2.05, 4.69) is 15.6 Å². The van der Waals surface area contributed by atoms with Crippen LogP contribution in [0.2, 0.25) is 0 Å². The number of carbonyl (C=O) groups excluding carboxylic acids is 2. The van der Waals surface area contributed by atoms with E-state index in [9.17, 15) is 22.8 Å². The second-order valence-electron chi connectivity index (χ2n) is 8.12. The normalized spacial score (nSPS) is 16.5. The number of nitrogens with zero attached hydrogens (tertiary/aromatic N) is 1. The van der Waals surface area contributed by atoms with Crippen LogP contribution in [0.3, 0.4) is 0 Å². The third-order valence-electron chi connectivity index (χ3n) is 5.63. The average Bonchev–Trinajstić information content (AvgIpc) is 2.83. The molecular weight excluding hydrogens is 461 g/mol. The van der Waals surface area contributed by atoms with Crippen LogP contribution in [0.25, 0.3) is 11.1 Å². The molecule has 0 saturated carbocycles. The van der Waals surface area contributed by atoms with Crippen molar-refractivity contribution in [3.05, 3.63) is 89.0 Å². The lowest BCUT2D eigenvalue weighted by Crippen LogP contribution is -2.52. The molecule has 1 unspecified atom stereocenters. The van der Waals surface area contributed by atoms with Crippen molar-refractivity contribution in [1.29, 1.82) is 0 Å². The summed E-state index contributed by atoms with van der Waals surface area (Å²) in [6, 6.07) is 8.89. The van der Waals surface area contributed by atoms with Gasteiger partial charge in [0.15, 0.2) is 0 Å². The van der Waals surface area contributed by atoms with Gasteiger partial charge in [-0.05, 0) is 47.9 Å². The second kappa shape index (κ2) is 10.7. The summed E-state index contributed by atoms with van der Waals surface area (Å²) < 4.78 is 47.2. The molecule has 2 aromatic carbocycles. The van der Waals surface area contributed by atoms with E-state index in [0.29, 0.717) is 35.5 Å². The highest BCUT2D eigenvalue weighted by Gasteiger charge is 2.27. The van der Waals surface area contributed by atoms with E-state index in [-0.39, 0.29) is 24.5 Å². The van der Waals surface area contributed by atoms with Crippen molar-refractivity contribution >= 4 is 11.8 Å². The Bertz CT molecular complexity index is 1230. The molecule has 2 heterocycles. The smallest absolute Gasteiger partial charge is 0.251 e. The van der Waals surface area contributed by atoms with Gasteiger partial charge < -0.3 is 21.1 Å². The summed E-state index contributed by atoms with van der Waals surface area (Å²) in [5.74, 6) is -3.58. The van der Waals surface area contributed by atoms with Crippen LogP contribution in [0, 0.1) is 17.5 Å². The number of rotatable bonds is 7. The van der Waals surface area contributed by atoms with Gasteiger partial charge in [0.25, 0.3) is 5.91 Å². The first-order valence-corrected chi connectivity index (χ1v) is 10.9. The maximum Gasteiger partial charge on any atom is 0.251 e. The zero-order valence-corrected chi connectivity index (χ0v) is 18.6. The minimum atomic E-state index is -0.932. The van der Waals surface area contributed by atoms with E-state index < -0.39 is 35.4 Å². The average molecular weight is 484 g/mol. The van der Waals surface area contributed by atoms with Crippen molar-refractivity contribution < 1.29 is 27.5 Å². The first kappa shape index (κ1) is 24.4. The van der Waals surface area contributed by atoms with Crippen LogP contribution >= 0.6 is 0 Å². The van der Waals surface area contributed by atoms with Crippen LogP contribution < -0.4 is 16.4 Å². The minimum Gasteiger partial charge on any atom is -0.378 e. The summed E-state index contributed by atoms with van der Waals surface area (Å²) in [5, 5.41) is 5.95. The number of carbonyl (C=O) groups is 2. The Hall–Kier alpha value is -3.76. The zero-order valence-electron chi connectivity index (χ0n) is 18.6. The number of amides is 2. The highest BCUT2D eigenvalue weighted by molar-refractivity contribution is 5.94. The Balaban J connectivity index is 1.75. The van der Waals surface area contributed by atoms with Crippen molar-refractivity contribution in [2.24, 2.45) is 5.73 Å². The number of hydrogen-bond acceptors (Lipinski definition) is 5. The molecular formula is C25H23F3N4O3. The molecule has 2 atom stereocenters. The van der Waals surface area contributed by atoms with Crippen molar-refractivity contribution in [1.82, 2.24) is 15.6 Å². The molecule has 0 bridgehead atoms. The van der Waals surface area contributed by atoms with E-state index in [1.54, 1.807) is 12.1 Å². The van der Waals surface area contributed by atoms with Crippen molar-refractivity contribution in [2.75, 3.05) is 19.8 Å². The predicted octanol–water partition coefficient (Wildman–Crippen LogP) is 2.65. The topological polar surface area (TPSA) is 106 Å². The van der Waals surface area contributed by atoms with Gasteiger partial charge >= 0.3 is 0 Å². The van der Waals surface area contributed by atoms with Crippen LogP contribution in [-0.4, -0.2) is 42.6 Å². The summed E-state index contributed by atoms with van der Waals surface area (Å²) in [6.45, 7) is 1.15. The Kier molecular flexibility index (Phi) is 7.42. The van der Waals surface area contributed by atoms with Crippen LogP contribution in [0.15, 0.2) is 54.7 Å². The second-order valence-corrected chi connectivity index (χ2v) is 8.12. The Morgan fingerprint density at radius 3 is 2.60 bits per heavy atom. The molecule has 182 valence electrons. The summed E-state index contributed by atoms with van der Waals surface area (Å²) >= 11 is 0. The van der Waals surface area contributed by atoms with E-state index >= 15 is 0 Å². The summed E-state index contributed by atoms with van der Waals surface area (Å²) in [4.78, 5) is 29.1. The Labute approximate surface area is 199 Å². The van der Waals surface area contributed by atoms with Gasteiger partial charge in [-0.25, -0.2) is 13.2 Å². The number of benzene rings is 2. The number of ether oxygens (including phenoxy) is 1. The highest BCUT2D eigenvalue weighted by Crippen LogP contribution is 2.30. The number of primary amides is 1. The van der Waals surface area contributed by atoms with E-state index in [0.717, 1.165) is 12.1 Å². The maximum atomic E-state index is 14.1. The number of halogens is 3. The molecule has 3 aromatic rings. The Morgan fingerprint density at radius 2 is 1.91 bits per heavy atom. The number of nitrogens with two attached hydrogens (primary N) is 1. The molecule has 0 aliphatic carbocycles. The van der Waals surface area contributed by atoms with Gasteiger partial charge in [-0.3, -0.25) is 14.6 Å². The van der Waals surface area contributed by atoms with Gasteiger partial charge in [0.2, 0.25) is 5.91 Å². The van der Waals surface area contributed by atoms with Crippen molar-refractivity contribution in [3.8, 4) is 11.1 Å². The predicted molar refractivity (Wildman–Crippen MR) is 122 cm³/mol. The van der Waals surface area contributed by atoms with Crippen molar-refractivity contribution in [2.45, 2.75) is 18.5 Å². The minimum absolute atomic E-state index is 0.0158. The molecule has 2 amide bonds. The highest BCUT2D eigenvalue weighted by atomic mass is 19.1. The fourth-order valence-corrected chi connectivity index (χ4v) is 4.01. The zero-order chi connectivity index (χ0) is 24.9. The van der Waals surface area contributed by atoms with Crippen LogP contribution in [0.1, 0.15) is 27.7 Å². The first-order chi connectivity index (χ1) is 16.8. The lowest BCUT2D eigenvalue weighted by Gasteiger charge is -2.27. The molecule has 1 aliphatic rings. The van der Waals surface area contributed by atoms with Gasteiger partial charge in [-0.1, -0.05) is 12.1 Å². The van der Waals surface area contributed by atoms with Gasteiger partial charge in [-0.2, -0.15) is 0 Å². The molecule has 0 radical (unpaired) electrons. The quantitative estimate of drug-likeness (QED) is 0.478. The Morgan fingerprint density at radius 1 is 1.14 bits per heavy atom. The third-order valence-corrected chi connectivity index (χ3v) is 5.63. The molecule has 4 rings (SSSR count). The molecule has 10 heteroatoms. The fourth-order valence-electron chi connectivity index (χ4n) is 4.01. The largest absolute Gasteiger partial charge is 0.378 e. The number of pyridine rings is 1. The standard InChI is InChI=1S/C25H23F3N4O3/c26-16-8-14(9-17(27)12-16)10-21(32-25(34)22-13-35-7-6-30-22)23-18(2-1-5-31-23)15-3-4-20(28)19(11-15)24(29)33/h1-5,8-9,11-12,21-22,30H,6-7,10,13H2,(H2,29,33)(H,32,34)/t21-,22?/m0/s1. The molecule has 1 aromatic heterocycles. The first-order valence-electron chi connectivity index (χ1n) is 10.9. The summed E-state index contributed by atoms with van der Waals surface area (Å²) in [5.41, 5.74) is 6.59. The van der Waals surface area contributed by atoms with E-state index in [1.807, 2.05) is 0 Å². The molecule has 1 fully saturated rings. The summed E-state index contributed by atoms with van der Waals surface area (Å²) in [7, 11) is 0. The molecule has 1 saturated heterocycles. The molecule has 4 N–H and O–H groups in total. The van der Waals surface area contributed by atoms with Crippen LogP contribution in [-0.2, 0) is 16.0 Å². The van der Waals surface area contributed by atoms with E-state index in [4.69, 9.17) is 10.5 Å². The maximum absolute atomic E-state index is 14.1. The lowest BCUT2D eigenvalue weighted by atomic mass is 9.94. The van der Waals surface area contributed by atoms with Crippen molar-refractivity contribution in [3.63, 3.8) is 0 Å². The third kappa shape index (κ3) is 5.84. The molecule has 7 nitrogen and oxygen atoms in total. The van der Waals surface area contributed by atoms with E-state index in [1.165, 1.54) is 30.5 Å². The SMILES string of the molecule is NC(=O)c1cc(-c2cccnc2[C@H](Cc2cc(F)cc(F)c2)NC(=O)C2COCCN2)ccc1F. The fraction of sp³-hybridized carbons (Fsp3) is 0.240. The van der Waals surface area contributed by atoms with Gasteiger partial charge in [0.05, 0.1) is 30.5 Å². The molecule has 0 spiro atoms. The number of morpholine rings is 1. The van der Waals surface area contributed by atoms with Gasteiger partial charge in [0.1, 0.15) is 23.5 Å². The monoisotopic (exact) mass is 484 g/mol. The van der Waals surface area contributed by atoms with Crippen LogP contribution in [0.5, 0.6) is 0 Å². The van der Waals surface area contributed by atoms with Gasteiger partial charge in [0, 0.05) is 24.4 Å². The van der Waals surface area contributed by atoms with Gasteiger partial charge in [-0.15, -0.1) is 0 Å². The lowest BCUT2D eigenvalue weighted by molar-refractivity contribution is -0.126. The number of hydrogen-bond donors (Lipinski definition) is 3. The number of aromatic nitrogens is 1. The molecule has 1 aliphatic heterocycles.